The molecule has 0 aliphatic carbocycles. The lowest BCUT2D eigenvalue weighted by Crippen LogP contribution is -2.18. The van der Waals surface area contributed by atoms with Crippen molar-refractivity contribution in [3.63, 3.8) is 0 Å². The highest BCUT2D eigenvalue weighted by atomic mass is 16.5. The minimum Gasteiger partial charge on any atom is -0.492 e. The minimum atomic E-state index is 0.0597. The topological polar surface area (TPSA) is 58.0 Å². The molecule has 1 aliphatic heterocycles. The molecule has 1 aliphatic rings. The Bertz CT molecular complexity index is 419. The lowest BCUT2D eigenvalue weighted by molar-refractivity contribution is 0.291. The molecular formula is C10H11N3O. The van der Waals surface area contributed by atoms with Crippen molar-refractivity contribution in [1.82, 2.24) is 0 Å². The quantitative estimate of drug-likeness (QED) is 0.380. The molecule has 1 aromatic rings. The number of ether oxygens (including phenoxy) is 1. The van der Waals surface area contributed by atoms with Gasteiger partial charge in [0.15, 0.2) is 0 Å². The monoisotopic (exact) mass is 189 g/mol. The van der Waals surface area contributed by atoms with E-state index in [1.54, 1.807) is 6.07 Å². The van der Waals surface area contributed by atoms with E-state index < -0.39 is 0 Å². The summed E-state index contributed by atoms with van der Waals surface area (Å²) >= 11 is 0. The number of benzene rings is 1. The average molecular weight is 189 g/mol. The van der Waals surface area contributed by atoms with Gasteiger partial charge in [0, 0.05) is 21.6 Å². The number of fused-ring (bicyclic) bond motifs is 1. The summed E-state index contributed by atoms with van der Waals surface area (Å²) in [7, 11) is 0. The predicted octanol–water partition coefficient (Wildman–Crippen LogP) is 3.30. The summed E-state index contributed by atoms with van der Waals surface area (Å²) in [5.74, 6) is 0.833. The molecule has 0 bridgehead atoms. The lowest BCUT2D eigenvalue weighted by atomic mass is 9.87. The number of nitrogens with zero attached hydrogens (tertiary/aromatic N) is 3. The Morgan fingerprint density at radius 3 is 3.00 bits per heavy atom. The molecule has 0 unspecified atom stereocenters. The Hall–Kier alpha value is -1.67. The normalized spacial score (nSPS) is 16.7. The van der Waals surface area contributed by atoms with Crippen molar-refractivity contribution in [2.45, 2.75) is 19.3 Å². The largest absolute Gasteiger partial charge is 0.492 e. The van der Waals surface area contributed by atoms with E-state index in [0.717, 1.165) is 5.75 Å². The van der Waals surface area contributed by atoms with E-state index >= 15 is 0 Å². The van der Waals surface area contributed by atoms with Crippen molar-refractivity contribution in [2.24, 2.45) is 5.11 Å². The molecule has 0 fully saturated rings. The first-order chi connectivity index (χ1) is 6.63. The maximum Gasteiger partial charge on any atom is 0.123 e. The van der Waals surface area contributed by atoms with E-state index in [-0.39, 0.29) is 5.41 Å². The third kappa shape index (κ3) is 1.30. The van der Waals surface area contributed by atoms with E-state index in [1.165, 1.54) is 5.56 Å². The standard InChI is InChI=1S/C10H11N3O/c1-10(2)6-14-9-5-7(12-13-11)3-4-8(9)10/h3-5H,6H2,1-2H3. The van der Waals surface area contributed by atoms with E-state index in [1.807, 2.05) is 12.1 Å². The Kier molecular flexibility index (Phi) is 1.86. The molecular weight excluding hydrogens is 178 g/mol. The molecule has 1 aromatic carbocycles. The summed E-state index contributed by atoms with van der Waals surface area (Å²) in [5.41, 5.74) is 10.1. The van der Waals surface area contributed by atoms with Gasteiger partial charge in [-0.2, -0.15) is 0 Å². The summed E-state index contributed by atoms with van der Waals surface area (Å²) < 4.78 is 5.52. The number of azide groups is 1. The zero-order chi connectivity index (χ0) is 10.2. The van der Waals surface area contributed by atoms with Crippen LogP contribution in [0.15, 0.2) is 23.3 Å². The summed E-state index contributed by atoms with van der Waals surface area (Å²) in [6.07, 6.45) is 0. The Labute approximate surface area is 82.1 Å². The van der Waals surface area contributed by atoms with Gasteiger partial charge in [0.25, 0.3) is 0 Å². The van der Waals surface area contributed by atoms with E-state index in [2.05, 4.69) is 23.9 Å². The molecule has 72 valence electrons. The highest BCUT2D eigenvalue weighted by molar-refractivity contribution is 5.52. The first-order valence-electron chi connectivity index (χ1n) is 4.46. The van der Waals surface area contributed by atoms with Gasteiger partial charge in [-0.15, -0.1) is 0 Å². The first-order valence-corrected chi connectivity index (χ1v) is 4.46. The van der Waals surface area contributed by atoms with Crippen molar-refractivity contribution in [1.29, 1.82) is 0 Å². The van der Waals surface area contributed by atoms with Gasteiger partial charge in [0.05, 0.1) is 6.61 Å². The van der Waals surface area contributed by atoms with Crippen LogP contribution in [0.3, 0.4) is 0 Å². The van der Waals surface area contributed by atoms with Gasteiger partial charge in [0.1, 0.15) is 5.75 Å². The van der Waals surface area contributed by atoms with Crippen LogP contribution in [0, 0.1) is 0 Å². The van der Waals surface area contributed by atoms with Crippen LogP contribution in [0.5, 0.6) is 5.75 Å². The molecule has 2 rings (SSSR count). The summed E-state index contributed by atoms with van der Waals surface area (Å²) in [6.45, 7) is 4.94. The summed E-state index contributed by atoms with van der Waals surface area (Å²) in [4.78, 5) is 2.74. The van der Waals surface area contributed by atoms with Crippen molar-refractivity contribution in [3.8, 4) is 5.75 Å². The molecule has 4 heteroatoms. The lowest BCUT2D eigenvalue weighted by Gasteiger charge is -2.14. The van der Waals surface area contributed by atoms with Crippen LogP contribution in [0.2, 0.25) is 0 Å². The van der Waals surface area contributed by atoms with Crippen molar-refractivity contribution < 1.29 is 4.74 Å². The van der Waals surface area contributed by atoms with Crippen molar-refractivity contribution >= 4 is 5.69 Å². The fraction of sp³-hybridized carbons (Fsp3) is 0.400. The van der Waals surface area contributed by atoms with Gasteiger partial charge in [-0.25, -0.2) is 0 Å². The summed E-state index contributed by atoms with van der Waals surface area (Å²) in [5, 5.41) is 3.53. The second-order valence-corrected chi connectivity index (χ2v) is 4.04. The third-order valence-electron chi connectivity index (χ3n) is 2.44. The maximum atomic E-state index is 8.29. The number of hydrogen-bond donors (Lipinski definition) is 0. The Morgan fingerprint density at radius 1 is 1.50 bits per heavy atom. The van der Waals surface area contributed by atoms with Crippen LogP contribution in [0.4, 0.5) is 5.69 Å². The van der Waals surface area contributed by atoms with Gasteiger partial charge < -0.3 is 4.74 Å². The highest BCUT2D eigenvalue weighted by Crippen LogP contribution is 2.40. The zero-order valence-electron chi connectivity index (χ0n) is 8.19. The second kappa shape index (κ2) is 2.93. The Morgan fingerprint density at radius 2 is 2.29 bits per heavy atom. The number of rotatable bonds is 1. The van der Waals surface area contributed by atoms with Gasteiger partial charge in [-0.05, 0) is 11.6 Å². The zero-order valence-corrected chi connectivity index (χ0v) is 8.19. The molecule has 0 saturated carbocycles. The minimum absolute atomic E-state index is 0.0597. The van der Waals surface area contributed by atoms with Crippen LogP contribution in [-0.2, 0) is 5.41 Å². The molecule has 4 nitrogen and oxygen atoms in total. The fourth-order valence-electron chi connectivity index (χ4n) is 1.64. The van der Waals surface area contributed by atoms with Gasteiger partial charge in [-0.1, -0.05) is 31.1 Å². The van der Waals surface area contributed by atoms with Crippen molar-refractivity contribution in [2.75, 3.05) is 6.61 Å². The van der Waals surface area contributed by atoms with Crippen LogP contribution < -0.4 is 4.74 Å². The van der Waals surface area contributed by atoms with Crippen LogP contribution in [-0.4, -0.2) is 6.61 Å². The van der Waals surface area contributed by atoms with E-state index in [4.69, 9.17) is 10.3 Å². The van der Waals surface area contributed by atoms with Gasteiger partial charge >= 0.3 is 0 Å². The SMILES string of the molecule is CC1(C)COc2cc(N=[N+]=[N-])ccc21. The fourth-order valence-corrected chi connectivity index (χ4v) is 1.64. The molecule has 0 aromatic heterocycles. The second-order valence-electron chi connectivity index (χ2n) is 4.04. The van der Waals surface area contributed by atoms with Gasteiger partial charge in [0.2, 0.25) is 0 Å². The molecule has 0 spiro atoms. The van der Waals surface area contributed by atoms with Crippen LogP contribution in [0.1, 0.15) is 19.4 Å². The molecule has 0 atom stereocenters. The molecule has 0 radical (unpaired) electrons. The maximum absolute atomic E-state index is 8.29. The van der Waals surface area contributed by atoms with E-state index in [9.17, 15) is 0 Å². The average Bonchev–Trinajstić information content (AvgIpc) is 2.43. The van der Waals surface area contributed by atoms with Crippen LogP contribution in [0.25, 0.3) is 10.4 Å². The highest BCUT2D eigenvalue weighted by Gasteiger charge is 2.31. The van der Waals surface area contributed by atoms with Crippen LogP contribution >= 0.6 is 0 Å². The number of hydrogen-bond acceptors (Lipinski definition) is 2. The Balaban J connectivity index is 2.49. The molecule has 1 heterocycles. The first kappa shape index (κ1) is 8.91. The molecule has 0 saturated heterocycles. The van der Waals surface area contributed by atoms with Gasteiger partial charge in [-0.3, -0.25) is 0 Å². The summed E-state index contributed by atoms with van der Waals surface area (Å²) in [6, 6.07) is 5.56. The van der Waals surface area contributed by atoms with Crippen molar-refractivity contribution in [3.05, 3.63) is 34.2 Å². The van der Waals surface area contributed by atoms with E-state index in [0.29, 0.717) is 12.3 Å². The molecule has 0 N–H and O–H groups in total. The third-order valence-corrected chi connectivity index (χ3v) is 2.44. The smallest absolute Gasteiger partial charge is 0.123 e. The predicted molar refractivity (Wildman–Crippen MR) is 53.8 cm³/mol. The molecule has 0 amide bonds. The molecule has 14 heavy (non-hydrogen) atoms.